The van der Waals surface area contributed by atoms with E-state index in [1.165, 1.54) is 0 Å². The summed E-state index contributed by atoms with van der Waals surface area (Å²) in [6.07, 6.45) is 4.88. The molecule has 4 nitrogen and oxygen atoms in total. The Labute approximate surface area is 94.7 Å². The summed E-state index contributed by atoms with van der Waals surface area (Å²) < 4.78 is 0. The highest BCUT2D eigenvalue weighted by atomic mass is 16.2. The number of rotatable bonds is 1. The maximum absolute atomic E-state index is 11.9. The fourth-order valence-corrected chi connectivity index (χ4v) is 2.52. The third-order valence-corrected chi connectivity index (χ3v) is 3.42. The van der Waals surface area contributed by atoms with Gasteiger partial charge >= 0.3 is 0 Å². The molecule has 0 aliphatic carbocycles. The quantitative estimate of drug-likeness (QED) is 0.776. The van der Waals surface area contributed by atoms with Gasteiger partial charge in [0, 0.05) is 12.7 Å². The molecule has 2 aliphatic rings. The molecule has 1 aromatic rings. The van der Waals surface area contributed by atoms with Gasteiger partial charge in [0.25, 0.3) is 0 Å². The van der Waals surface area contributed by atoms with Gasteiger partial charge in [-0.2, -0.15) is 0 Å². The minimum Gasteiger partial charge on any atom is -0.343 e. The molecule has 0 saturated carbocycles. The average Bonchev–Trinajstić information content (AvgIpc) is 2.78. The molecule has 0 bridgehead atoms. The van der Waals surface area contributed by atoms with Crippen molar-refractivity contribution in [3.05, 3.63) is 17.8 Å². The van der Waals surface area contributed by atoms with Crippen molar-refractivity contribution in [1.29, 1.82) is 0 Å². The molecule has 1 amide bonds. The Balaban J connectivity index is 2.06. The Bertz CT molecular complexity index is 444. The molecule has 0 spiro atoms. The van der Waals surface area contributed by atoms with Crippen molar-refractivity contribution in [3.63, 3.8) is 0 Å². The molecule has 1 aromatic heterocycles. The van der Waals surface area contributed by atoms with E-state index in [0.29, 0.717) is 0 Å². The molecule has 0 aromatic carbocycles. The lowest BCUT2D eigenvalue weighted by molar-refractivity contribution is -0.117. The molecule has 2 aliphatic heterocycles. The van der Waals surface area contributed by atoms with Gasteiger partial charge in [-0.05, 0) is 30.9 Å². The summed E-state index contributed by atoms with van der Waals surface area (Å²) in [5.74, 6) is 1.07. The van der Waals surface area contributed by atoms with Gasteiger partial charge in [-0.15, -0.1) is 0 Å². The molecule has 1 atom stereocenters. The second kappa shape index (κ2) is 3.47. The van der Waals surface area contributed by atoms with E-state index in [1.54, 1.807) is 0 Å². The van der Waals surface area contributed by atoms with E-state index in [1.807, 2.05) is 12.3 Å². The standard InChI is InChI=1S/C12H15N3O/c1-2-8-6-9-11(13-7-8)15-5-3-4-10(15)12(16)14-9/h6-7,10H,2-5H2,1H3,(H,14,16). The highest BCUT2D eigenvalue weighted by Gasteiger charge is 2.37. The van der Waals surface area contributed by atoms with Crippen LogP contribution in [-0.4, -0.2) is 23.5 Å². The van der Waals surface area contributed by atoms with Gasteiger partial charge in [0.2, 0.25) is 5.91 Å². The Morgan fingerprint density at radius 3 is 3.31 bits per heavy atom. The number of nitrogens with one attached hydrogen (secondary N) is 1. The third kappa shape index (κ3) is 1.29. The number of hydrogen-bond acceptors (Lipinski definition) is 3. The normalized spacial score (nSPS) is 22.7. The molecule has 3 rings (SSSR count). The SMILES string of the molecule is CCc1cnc2c(c1)NC(=O)C1CCCN21. The highest BCUT2D eigenvalue weighted by Crippen LogP contribution is 2.35. The first-order chi connectivity index (χ1) is 7.79. The fourth-order valence-electron chi connectivity index (χ4n) is 2.52. The van der Waals surface area contributed by atoms with Crippen LogP contribution in [0.15, 0.2) is 12.3 Å². The van der Waals surface area contributed by atoms with Crippen molar-refractivity contribution in [2.75, 3.05) is 16.8 Å². The molecule has 1 fully saturated rings. The number of amides is 1. The van der Waals surface area contributed by atoms with Crippen molar-refractivity contribution in [1.82, 2.24) is 4.98 Å². The molecular weight excluding hydrogens is 202 g/mol. The van der Waals surface area contributed by atoms with Crippen molar-refractivity contribution in [2.45, 2.75) is 32.2 Å². The van der Waals surface area contributed by atoms with Crippen LogP contribution in [0.25, 0.3) is 0 Å². The van der Waals surface area contributed by atoms with Gasteiger partial charge in [-0.1, -0.05) is 6.92 Å². The Morgan fingerprint density at radius 1 is 1.62 bits per heavy atom. The minimum atomic E-state index is 0.00692. The first-order valence-corrected chi connectivity index (χ1v) is 5.86. The number of anilines is 2. The van der Waals surface area contributed by atoms with Crippen LogP contribution in [-0.2, 0) is 11.2 Å². The average molecular weight is 217 g/mol. The van der Waals surface area contributed by atoms with Gasteiger partial charge in [-0.3, -0.25) is 4.79 Å². The van der Waals surface area contributed by atoms with Gasteiger partial charge in [0.1, 0.15) is 6.04 Å². The number of carbonyl (C=O) groups is 1. The lowest BCUT2D eigenvalue weighted by Gasteiger charge is -2.31. The highest BCUT2D eigenvalue weighted by molar-refractivity contribution is 6.03. The molecule has 4 heteroatoms. The lowest BCUT2D eigenvalue weighted by atomic mass is 10.1. The summed E-state index contributed by atoms with van der Waals surface area (Å²) in [7, 11) is 0. The number of hydrogen-bond donors (Lipinski definition) is 1. The Kier molecular flexibility index (Phi) is 2.09. The topological polar surface area (TPSA) is 45.2 Å². The van der Waals surface area contributed by atoms with Crippen LogP contribution in [0.5, 0.6) is 0 Å². The second-order valence-corrected chi connectivity index (χ2v) is 4.41. The summed E-state index contributed by atoms with van der Waals surface area (Å²) >= 11 is 0. The summed E-state index contributed by atoms with van der Waals surface area (Å²) in [5, 5.41) is 2.96. The first-order valence-electron chi connectivity index (χ1n) is 5.86. The maximum Gasteiger partial charge on any atom is 0.247 e. The molecule has 1 unspecified atom stereocenters. The number of fused-ring (bicyclic) bond motifs is 3. The van der Waals surface area contributed by atoms with Crippen LogP contribution in [0.2, 0.25) is 0 Å². The van der Waals surface area contributed by atoms with Gasteiger partial charge in [0.15, 0.2) is 5.82 Å². The van der Waals surface area contributed by atoms with Crippen LogP contribution >= 0.6 is 0 Å². The summed E-state index contributed by atoms with van der Waals surface area (Å²) in [5.41, 5.74) is 2.04. The largest absolute Gasteiger partial charge is 0.343 e. The maximum atomic E-state index is 11.9. The first kappa shape index (κ1) is 9.63. The van der Waals surface area contributed by atoms with E-state index < -0.39 is 0 Å². The number of pyridine rings is 1. The number of aromatic nitrogens is 1. The molecule has 84 valence electrons. The van der Waals surface area contributed by atoms with Crippen molar-refractivity contribution < 1.29 is 4.79 Å². The third-order valence-electron chi connectivity index (χ3n) is 3.42. The zero-order chi connectivity index (χ0) is 11.1. The fraction of sp³-hybridized carbons (Fsp3) is 0.500. The second-order valence-electron chi connectivity index (χ2n) is 4.41. The van der Waals surface area contributed by atoms with E-state index in [2.05, 4.69) is 22.1 Å². The van der Waals surface area contributed by atoms with Crippen LogP contribution < -0.4 is 10.2 Å². The monoisotopic (exact) mass is 217 g/mol. The molecule has 3 heterocycles. The van der Waals surface area contributed by atoms with E-state index >= 15 is 0 Å². The van der Waals surface area contributed by atoms with Crippen molar-refractivity contribution >= 4 is 17.4 Å². The van der Waals surface area contributed by atoms with Gasteiger partial charge in [0.05, 0.1) is 5.69 Å². The predicted octanol–water partition coefficient (Wildman–Crippen LogP) is 1.56. The van der Waals surface area contributed by atoms with Crippen LogP contribution in [0.3, 0.4) is 0 Å². The Morgan fingerprint density at radius 2 is 2.50 bits per heavy atom. The van der Waals surface area contributed by atoms with Crippen molar-refractivity contribution in [3.8, 4) is 0 Å². The number of nitrogens with zero attached hydrogens (tertiary/aromatic N) is 2. The van der Waals surface area contributed by atoms with E-state index in [4.69, 9.17) is 0 Å². The molecule has 1 saturated heterocycles. The molecule has 0 radical (unpaired) electrons. The molecule has 16 heavy (non-hydrogen) atoms. The van der Waals surface area contributed by atoms with Gasteiger partial charge in [-0.25, -0.2) is 4.98 Å². The van der Waals surface area contributed by atoms with E-state index in [-0.39, 0.29) is 11.9 Å². The molecule has 1 N–H and O–H groups in total. The van der Waals surface area contributed by atoms with Crippen LogP contribution in [0.1, 0.15) is 25.3 Å². The zero-order valence-electron chi connectivity index (χ0n) is 9.36. The number of aryl methyl sites for hydroxylation is 1. The lowest BCUT2D eigenvalue weighted by Crippen LogP contribution is -2.44. The smallest absolute Gasteiger partial charge is 0.247 e. The van der Waals surface area contributed by atoms with E-state index in [0.717, 1.165) is 42.9 Å². The summed E-state index contributed by atoms with van der Waals surface area (Å²) in [6.45, 7) is 3.04. The minimum absolute atomic E-state index is 0.00692. The van der Waals surface area contributed by atoms with Crippen LogP contribution in [0, 0.1) is 0 Å². The number of carbonyl (C=O) groups excluding carboxylic acids is 1. The van der Waals surface area contributed by atoms with Crippen LogP contribution in [0.4, 0.5) is 11.5 Å². The van der Waals surface area contributed by atoms with Gasteiger partial charge < -0.3 is 10.2 Å². The summed E-state index contributed by atoms with van der Waals surface area (Å²) in [6, 6.07) is 2.04. The van der Waals surface area contributed by atoms with E-state index in [9.17, 15) is 4.79 Å². The van der Waals surface area contributed by atoms with Crippen molar-refractivity contribution in [2.24, 2.45) is 0 Å². The predicted molar refractivity (Wildman–Crippen MR) is 62.6 cm³/mol. The summed E-state index contributed by atoms with van der Waals surface area (Å²) in [4.78, 5) is 18.5. The zero-order valence-corrected chi connectivity index (χ0v) is 9.36. The Hall–Kier alpha value is -1.58. The molecular formula is C12H15N3O.